The zero-order valence-corrected chi connectivity index (χ0v) is 20.3. The molecule has 0 radical (unpaired) electrons. The maximum atomic E-state index is 13.6. The lowest BCUT2D eigenvalue weighted by Gasteiger charge is -2.13. The van der Waals surface area contributed by atoms with Crippen LogP contribution in [0.4, 0.5) is 4.39 Å². The van der Waals surface area contributed by atoms with Crippen LogP contribution in [0, 0.1) is 12.7 Å². The number of nitrogens with one attached hydrogen (secondary N) is 2. The number of aromatic nitrogens is 3. The Morgan fingerprint density at radius 2 is 1.83 bits per heavy atom. The molecule has 180 valence electrons. The third kappa shape index (κ3) is 4.94. The summed E-state index contributed by atoms with van der Waals surface area (Å²) in [6.07, 6.45) is 1.79. The molecule has 0 spiro atoms. The van der Waals surface area contributed by atoms with Gasteiger partial charge in [-0.05, 0) is 47.9 Å². The number of rotatable bonds is 7. The number of hydrogen-bond donors (Lipinski definition) is 2. The molecule has 2 aromatic heterocycles. The van der Waals surface area contributed by atoms with E-state index in [0.29, 0.717) is 21.9 Å². The van der Waals surface area contributed by atoms with Gasteiger partial charge in [-0.2, -0.15) is 0 Å². The van der Waals surface area contributed by atoms with Crippen LogP contribution in [-0.4, -0.2) is 26.2 Å². The molecule has 0 aliphatic heterocycles. The Kier molecular flexibility index (Phi) is 6.69. The van der Waals surface area contributed by atoms with Gasteiger partial charge in [0.1, 0.15) is 16.9 Å². The van der Waals surface area contributed by atoms with E-state index in [0.717, 1.165) is 22.3 Å². The van der Waals surface area contributed by atoms with Crippen LogP contribution >= 0.6 is 11.8 Å². The van der Waals surface area contributed by atoms with Gasteiger partial charge in [0.25, 0.3) is 5.56 Å². The van der Waals surface area contributed by atoms with Crippen molar-refractivity contribution in [2.24, 2.45) is 0 Å². The fourth-order valence-corrected chi connectivity index (χ4v) is 4.79. The number of hydrogen-bond acceptors (Lipinski definition) is 4. The van der Waals surface area contributed by atoms with Crippen molar-refractivity contribution < 1.29 is 9.18 Å². The second kappa shape index (κ2) is 10.2. The lowest BCUT2D eigenvalue weighted by atomic mass is 10.1. The summed E-state index contributed by atoms with van der Waals surface area (Å²) in [5, 5.41) is 3.26. The van der Waals surface area contributed by atoms with E-state index in [1.165, 1.54) is 23.9 Å². The Labute approximate surface area is 211 Å². The number of halogens is 1. The monoisotopic (exact) mass is 498 g/mol. The van der Waals surface area contributed by atoms with Crippen molar-refractivity contribution in [2.75, 3.05) is 5.75 Å². The van der Waals surface area contributed by atoms with Gasteiger partial charge in [-0.3, -0.25) is 14.2 Å². The third-order valence-corrected chi connectivity index (χ3v) is 6.69. The van der Waals surface area contributed by atoms with Gasteiger partial charge in [-0.25, -0.2) is 9.37 Å². The number of fused-ring (bicyclic) bond motifs is 1. The van der Waals surface area contributed by atoms with Crippen molar-refractivity contribution in [1.29, 1.82) is 0 Å². The highest BCUT2D eigenvalue weighted by atomic mass is 32.2. The van der Waals surface area contributed by atoms with Crippen molar-refractivity contribution in [3.8, 4) is 16.8 Å². The first kappa shape index (κ1) is 23.6. The van der Waals surface area contributed by atoms with Crippen LogP contribution < -0.4 is 10.9 Å². The molecule has 6 nitrogen and oxygen atoms in total. The molecule has 0 aliphatic rings. The largest absolute Gasteiger partial charge is 0.355 e. The smallest absolute Gasteiger partial charge is 0.283 e. The molecule has 0 unspecified atom stereocenters. The summed E-state index contributed by atoms with van der Waals surface area (Å²) in [5.41, 5.74) is 4.97. The molecule has 0 atom stereocenters. The van der Waals surface area contributed by atoms with Gasteiger partial charge >= 0.3 is 0 Å². The number of carbonyl (C=O) groups excluding carboxylic acids is 1. The van der Waals surface area contributed by atoms with Crippen LogP contribution in [-0.2, 0) is 11.3 Å². The van der Waals surface area contributed by atoms with Gasteiger partial charge in [0.2, 0.25) is 5.91 Å². The van der Waals surface area contributed by atoms with E-state index in [1.807, 2.05) is 61.5 Å². The second-order valence-corrected chi connectivity index (χ2v) is 9.30. The van der Waals surface area contributed by atoms with Crippen LogP contribution in [0.3, 0.4) is 0 Å². The normalized spacial score (nSPS) is 11.1. The minimum atomic E-state index is -0.323. The number of nitrogens with zero attached hydrogens (tertiary/aromatic N) is 2. The molecule has 5 rings (SSSR count). The summed E-state index contributed by atoms with van der Waals surface area (Å²) in [6, 6.07) is 23.3. The molecule has 1 amide bonds. The number of H-pyrrole nitrogens is 1. The Balaban J connectivity index is 1.49. The van der Waals surface area contributed by atoms with E-state index >= 15 is 0 Å². The number of benzene rings is 3. The lowest BCUT2D eigenvalue weighted by Crippen LogP contribution is -2.26. The molecule has 0 aliphatic carbocycles. The molecular formula is C28H23FN4O2S. The van der Waals surface area contributed by atoms with Crippen molar-refractivity contribution in [2.45, 2.75) is 18.6 Å². The molecule has 0 saturated heterocycles. The Morgan fingerprint density at radius 1 is 1.06 bits per heavy atom. The van der Waals surface area contributed by atoms with Crippen molar-refractivity contribution in [3.63, 3.8) is 0 Å². The zero-order valence-electron chi connectivity index (χ0n) is 19.5. The molecule has 0 fully saturated rings. The van der Waals surface area contributed by atoms with Gasteiger partial charge in [-0.15, -0.1) is 0 Å². The summed E-state index contributed by atoms with van der Waals surface area (Å²) in [7, 11) is 0. The van der Waals surface area contributed by atoms with Gasteiger partial charge in [0.05, 0.1) is 11.4 Å². The van der Waals surface area contributed by atoms with E-state index in [-0.39, 0.29) is 29.6 Å². The van der Waals surface area contributed by atoms with E-state index in [2.05, 4.69) is 10.3 Å². The van der Waals surface area contributed by atoms with Crippen molar-refractivity contribution in [3.05, 3.63) is 112 Å². The van der Waals surface area contributed by atoms with Crippen LogP contribution in [0.25, 0.3) is 27.8 Å². The van der Waals surface area contributed by atoms with E-state index < -0.39 is 0 Å². The average Bonchev–Trinajstić information content (AvgIpc) is 3.32. The van der Waals surface area contributed by atoms with Crippen LogP contribution in [0.1, 0.15) is 11.1 Å². The van der Waals surface area contributed by atoms with Crippen LogP contribution in [0.15, 0.2) is 95.0 Å². The Morgan fingerprint density at radius 3 is 2.58 bits per heavy atom. The maximum Gasteiger partial charge on any atom is 0.283 e. The molecule has 36 heavy (non-hydrogen) atoms. The number of thioether (sulfide) groups is 1. The van der Waals surface area contributed by atoms with Gasteiger partial charge in [0.15, 0.2) is 5.16 Å². The summed E-state index contributed by atoms with van der Waals surface area (Å²) < 4.78 is 14.7. The highest BCUT2D eigenvalue weighted by Crippen LogP contribution is 2.29. The Bertz CT molecular complexity index is 1590. The molecule has 0 bridgehead atoms. The number of aromatic amines is 1. The van der Waals surface area contributed by atoms with Crippen molar-refractivity contribution in [1.82, 2.24) is 19.9 Å². The number of aryl methyl sites for hydroxylation is 1. The zero-order chi connectivity index (χ0) is 25.1. The number of amides is 1. The minimum Gasteiger partial charge on any atom is -0.355 e. The first-order valence-electron chi connectivity index (χ1n) is 11.4. The van der Waals surface area contributed by atoms with E-state index in [9.17, 15) is 14.0 Å². The fourth-order valence-electron chi connectivity index (χ4n) is 3.95. The van der Waals surface area contributed by atoms with Crippen molar-refractivity contribution >= 4 is 28.7 Å². The SMILES string of the molecule is Cc1cccc(-n2c(SCC(=O)NCc3ccc(F)cc3)nc3c(-c4ccccc4)c[nH]c3c2=O)c1. The quantitative estimate of drug-likeness (QED) is 0.238. The summed E-state index contributed by atoms with van der Waals surface area (Å²) in [5.74, 6) is -0.474. The molecule has 2 N–H and O–H groups in total. The predicted molar refractivity (Wildman–Crippen MR) is 141 cm³/mol. The van der Waals surface area contributed by atoms with Gasteiger partial charge in [-0.1, -0.05) is 66.4 Å². The van der Waals surface area contributed by atoms with Crippen LogP contribution in [0.5, 0.6) is 0 Å². The lowest BCUT2D eigenvalue weighted by molar-refractivity contribution is -0.118. The van der Waals surface area contributed by atoms with Gasteiger partial charge < -0.3 is 10.3 Å². The van der Waals surface area contributed by atoms with E-state index in [4.69, 9.17) is 4.98 Å². The number of carbonyl (C=O) groups is 1. The molecule has 8 heteroatoms. The Hall–Kier alpha value is -4.17. The molecule has 5 aromatic rings. The average molecular weight is 499 g/mol. The summed E-state index contributed by atoms with van der Waals surface area (Å²) in [4.78, 5) is 34.2. The van der Waals surface area contributed by atoms with Crippen LogP contribution in [0.2, 0.25) is 0 Å². The molecule has 0 saturated carbocycles. The topological polar surface area (TPSA) is 79.8 Å². The second-order valence-electron chi connectivity index (χ2n) is 8.36. The molecular weight excluding hydrogens is 475 g/mol. The highest BCUT2D eigenvalue weighted by molar-refractivity contribution is 7.99. The minimum absolute atomic E-state index is 0.0655. The maximum absolute atomic E-state index is 13.6. The fraction of sp³-hybridized carbons (Fsp3) is 0.107. The highest BCUT2D eigenvalue weighted by Gasteiger charge is 2.19. The molecule has 2 heterocycles. The summed E-state index contributed by atoms with van der Waals surface area (Å²) >= 11 is 1.20. The van der Waals surface area contributed by atoms with Gasteiger partial charge in [0, 0.05) is 18.3 Å². The standard InChI is InChI=1S/C28H23FN4O2S/c1-18-6-5-9-22(14-18)33-27(35)26-25(23(16-31-26)20-7-3-2-4-8-20)32-28(33)36-17-24(34)30-15-19-10-12-21(29)13-11-19/h2-14,16,31H,15,17H2,1H3,(H,30,34). The predicted octanol–water partition coefficient (Wildman–Crippen LogP) is 5.24. The third-order valence-electron chi connectivity index (χ3n) is 5.75. The molecule has 3 aromatic carbocycles. The summed E-state index contributed by atoms with van der Waals surface area (Å²) in [6.45, 7) is 2.24. The first-order chi connectivity index (χ1) is 17.5. The first-order valence-corrected chi connectivity index (χ1v) is 12.4. The van der Waals surface area contributed by atoms with E-state index in [1.54, 1.807) is 22.9 Å².